The Balaban J connectivity index is 2.19. The normalized spacial score (nSPS) is 11.0. The van der Waals surface area contributed by atoms with Crippen LogP contribution in [0.5, 0.6) is 5.75 Å². The van der Waals surface area contributed by atoms with Gasteiger partial charge in [0.2, 0.25) is 0 Å². The zero-order chi connectivity index (χ0) is 16.1. The summed E-state index contributed by atoms with van der Waals surface area (Å²) < 4.78 is 0. The molecule has 0 aromatic heterocycles. The molecule has 0 saturated heterocycles. The van der Waals surface area contributed by atoms with Crippen LogP contribution in [0.25, 0.3) is 0 Å². The summed E-state index contributed by atoms with van der Waals surface area (Å²) in [6, 6.07) is 12.0. The first kappa shape index (κ1) is 15.2. The average Bonchev–Trinajstić information content (AvgIpc) is 2.52. The summed E-state index contributed by atoms with van der Waals surface area (Å²) in [4.78, 5) is 22.3. The molecule has 0 unspecified atom stereocenters. The number of nitro benzene ring substituents is 1. The van der Waals surface area contributed by atoms with Crippen LogP contribution in [0.15, 0.2) is 53.6 Å². The minimum atomic E-state index is -0.674. The SMILES string of the molecule is C/C(=N/NC(=O)c1ccccc1[N+](=O)[O-])c1cccc(O)c1. The van der Waals surface area contributed by atoms with E-state index in [1.807, 2.05) is 0 Å². The molecule has 0 atom stereocenters. The minimum absolute atomic E-state index is 0.0695. The largest absolute Gasteiger partial charge is 0.508 e. The molecule has 0 aliphatic rings. The van der Waals surface area contributed by atoms with Gasteiger partial charge in [0.25, 0.3) is 11.6 Å². The van der Waals surface area contributed by atoms with E-state index in [1.54, 1.807) is 19.1 Å². The van der Waals surface area contributed by atoms with Crippen LogP contribution in [-0.2, 0) is 0 Å². The number of phenolic OH excluding ortho intramolecular Hbond substituents is 1. The molecule has 7 nitrogen and oxygen atoms in total. The standard InChI is InChI=1S/C15H13N3O4/c1-10(11-5-4-6-12(19)9-11)16-17-15(20)13-7-2-3-8-14(13)18(21)22/h2-9,19H,1H3,(H,17,20)/b16-10-. The van der Waals surface area contributed by atoms with Crippen molar-refractivity contribution in [2.24, 2.45) is 5.10 Å². The number of nitro groups is 1. The number of hydrogen-bond acceptors (Lipinski definition) is 5. The zero-order valence-corrected chi connectivity index (χ0v) is 11.7. The molecular weight excluding hydrogens is 286 g/mol. The first-order valence-corrected chi connectivity index (χ1v) is 6.36. The van der Waals surface area contributed by atoms with Crippen molar-refractivity contribution in [2.75, 3.05) is 0 Å². The Bertz CT molecular complexity index is 756. The fourth-order valence-electron chi connectivity index (χ4n) is 1.82. The summed E-state index contributed by atoms with van der Waals surface area (Å²) in [7, 11) is 0. The van der Waals surface area contributed by atoms with Crippen LogP contribution in [-0.4, -0.2) is 21.6 Å². The molecule has 0 aliphatic heterocycles. The molecule has 0 fully saturated rings. The topological polar surface area (TPSA) is 105 Å². The Hall–Kier alpha value is -3.22. The maximum Gasteiger partial charge on any atom is 0.282 e. The maximum absolute atomic E-state index is 12.0. The number of para-hydroxylation sites is 1. The highest BCUT2D eigenvalue weighted by molar-refractivity contribution is 6.02. The van der Waals surface area contributed by atoms with E-state index in [9.17, 15) is 20.0 Å². The van der Waals surface area contributed by atoms with Gasteiger partial charge < -0.3 is 5.11 Å². The summed E-state index contributed by atoms with van der Waals surface area (Å²) in [6.07, 6.45) is 0. The van der Waals surface area contributed by atoms with Crippen LogP contribution >= 0.6 is 0 Å². The number of amides is 1. The van der Waals surface area contributed by atoms with Crippen LogP contribution < -0.4 is 5.43 Å². The predicted octanol–water partition coefficient (Wildman–Crippen LogP) is 2.45. The summed E-state index contributed by atoms with van der Waals surface area (Å²) in [5.74, 6) is -0.594. The molecular formula is C15H13N3O4. The third-order valence-corrected chi connectivity index (χ3v) is 2.93. The quantitative estimate of drug-likeness (QED) is 0.514. The number of carbonyl (C=O) groups excluding carboxylic acids is 1. The van der Waals surface area contributed by atoms with Gasteiger partial charge in [0, 0.05) is 11.6 Å². The molecule has 7 heteroatoms. The highest BCUT2D eigenvalue weighted by Gasteiger charge is 2.18. The van der Waals surface area contributed by atoms with Gasteiger partial charge in [-0.05, 0) is 25.1 Å². The molecule has 0 radical (unpaired) electrons. The Morgan fingerprint density at radius 2 is 1.95 bits per heavy atom. The molecule has 0 spiro atoms. The third kappa shape index (κ3) is 3.45. The van der Waals surface area contributed by atoms with Crippen molar-refractivity contribution in [2.45, 2.75) is 6.92 Å². The fourth-order valence-corrected chi connectivity index (χ4v) is 1.82. The van der Waals surface area contributed by atoms with Crippen molar-refractivity contribution < 1.29 is 14.8 Å². The van der Waals surface area contributed by atoms with Gasteiger partial charge in [-0.1, -0.05) is 24.3 Å². The highest BCUT2D eigenvalue weighted by atomic mass is 16.6. The first-order valence-electron chi connectivity index (χ1n) is 6.36. The van der Waals surface area contributed by atoms with E-state index in [0.29, 0.717) is 11.3 Å². The van der Waals surface area contributed by atoms with Gasteiger partial charge >= 0.3 is 0 Å². The lowest BCUT2D eigenvalue weighted by molar-refractivity contribution is -0.385. The van der Waals surface area contributed by atoms with E-state index in [-0.39, 0.29) is 17.0 Å². The maximum atomic E-state index is 12.0. The van der Waals surface area contributed by atoms with Crippen LogP contribution in [0.1, 0.15) is 22.8 Å². The van der Waals surface area contributed by atoms with E-state index in [0.717, 1.165) is 0 Å². The fraction of sp³-hybridized carbons (Fsp3) is 0.0667. The van der Waals surface area contributed by atoms with Crippen LogP contribution in [0.4, 0.5) is 5.69 Å². The molecule has 2 aromatic rings. The number of carbonyl (C=O) groups is 1. The van der Waals surface area contributed by atoms with Crippen molar-refractivity contribution in [1.82, 2.24) is 5.43 Å². The Morgan fingerprint density at radius 1 is 1.23 bits per heavy atom. The summed E-state index contributed by atoms with van der Waals surface area (Å²) in [6.45, 7) is 1.65. The smallest absolute Gasteiger partial charge is 0.282 e. The molecule has 0 heterocycles. The molecule has 2 aromatic carbocycles. The van der Waals surface area contributed by atoms with Gasteiger partial charge in [0.15, 0.2) is 0 Å². The second kappa shape index (κ2) is 6.49. The van der Waals surface area contributed by atoms with E-state index < -0.39 is 10.8 Å². The van der Waals surface area contributed by atoms with Gasteiger partial charge in [-0.25, -0.2) is 5.43 Å². The van der Waals surface area contributed by atoms with E-state index in [2.05, 4.69) is 10.5 Å². The van der Waals surface area contributed by atoms with Crippen molar-refractivity contribution in [3.05, 3.63) is 69.8 Å². The molecule has 2 N–H and O–H groups in total. The lowest BCUT2D eigenvalue weighted by Gasteiger charge is -2.04. The lowest BCUT2D eigenvalue weighted by atomic mass is 10.1. The van der Waals surface area contributed by atoms with Gasteiger partial charge in [0.1, 0.15) is 11.3 Å². The van der Waals surface area contributed by atoms with E-state index in [1.165, 1.54) is 36.4 Å². The molecule has 0 bridgehead atoms. The second-order valence-electron chi connectivity index (χ2n) is 4.46. The van der Waals surface area contributed by atoms with Gasteiger partial charge in [-0.3, -0.25) is 14.9 Å². The number of phenols is 1. The summed E-state index contributed by atoms with van der Waals surface area (Å²) in [5, 5.41) is 24.2. The summed E-state index contributed by atoms with van der Waals surface area (Å²) >= 11 is 0. The number of aromatic hydroxyl groups is 1. The van der Waals surface area contributed by atoms with Crippen molar-refractivity contribution in [3.63, 3.8) is 0 Å². The van der Waals surface area contributed by atoms with Gasteiger partial charge in [0.05, 0.1) is 10.6 Å². The average molecular weight is 299 g/mol. The monoisotopic (exact) mass is 299 g/mol. The number of rotatable bonds is 4. The molecule has 0 aliphatic carbocycles. The van der Waals surface area contributed by atoms with Crippen LogP contribution in [0, 0.1) is 10.1 Å². The summed E-state index contributed by atoms with van der Waals surface area (Å²) in [5.41, 5.74) is 3.01. The highest BCUT2D eigenvalue weighted by Crippen LogP contribution is 2.17. The number of nitrogens with one attached hydrogen (secondary N) is 1. The van der Waals surface area contributed by atoms with Gasteiger partial charge in [-0.15, -0.1) is 0 Å². The number of hydrogen-bond donors (Lipinski definition) is 2. The van der Waals surface area contributed by atoms with Gasteiger partial charge in [-0.2, -0.15) is 5.10 Å². The molecule has 1 amide bonds. The van der Waals surface area contributed by atoms with Crippen LogP contribution in [0.2, 0.25) is 0 Å². The number of hydrazone groups is 1. The minimum Gasteiger partial charge on any atom is -0.508 e. The van der Waals surface area contributed by atoms with E-state index in [4.69, 9.17) is 0 Å². The number of nitrogens with zero attached hydrogens (tertiary/aromatic N) is 2. The Kier molecular flexibility index (Phi) is 4.47. The van der Waals surface area contributed by atoms with E-state index >= 15 is 0 Å². The van der Waals surface area contributed by atoms with Crippen molar-refractivity contribution in [1.29, 1.82) is 0 Å². The lowest BCUT2D eigenvalue weighted by Crippen LogP contribution is -2.20. The molecule has 0 saturated carbocycles. The third-order valence-electron chi connectivity index (χ3n) is 2.93. The second-order valence-corrected chi connectivity index (χ2v) is 4.46. The predicted molar refractivity (Wildman–Crippen MR) is 80.9 cm³/mol. The Labute approximate surface area is 126 Å². The van der Waals surface area contributed by atoms with Crippen molar-refractivity contribution in [3.8, 4) is 5.75 Å². The Morgan fingerprint density at radius 3 is 2.64 bits per heavy atom. The number of benzene rings is 2. The van der Waals surface area contributed by atoms with Crippen molar-refractivity contribution >= 4 is 17.3 Å². The van der Waals surface area contributed by atoms with Crippen LogP contribution in [0.3, 0.4) is 0 Å². The molecule has 22 heavy (non-hydrogen) atoms. The first-order chi connectivity index (χ1) is 10.5. The molecule has 112 valence electrons. The zero-order valence-electron chi connectivity index (χ0n) is 11.7. The molecule has 2 rings (SSSR count).